The normalized spacial score (nSPS) is 15.9. The minimum absolute atomic E-state index is 0.254. The predicted molar refractivity (Wildman–Crippen MR) is 122 cm³/mol. The predicted octanol–water partition coefficient (Wildman–Crippen LogP) is 4.69. The number of rotatable bonds is 6. The molecular formula is C26H30N2O2. The first-order valence-corrected chi connectivity index (χ1v) is 10.8. The smallest absolute Gasteiger partial charge is 0.222 e. The summed E-state index contributed by atoms with van der Waals surface area (Å²) in [5, 5.41) is 2.56. The zero-order chi connectivity index (χ0) is 20.9. The number of carbonyl (C=O) groups is 1. The van der Waals surface area contributed by atoms with Crippen molar-refractivity contribution in [2.45, 2.75) is 25.8 Å². The summed E-state index contributed by atoms with van der Waals surface area (Å²) in [4.78, 5) is 17.2. The molecule has 0 aromatic heterocycles. The molecule has 0 saturated carbocycles. The van der Waals surface area contributed by atoms with Crippen molar-refractivity contribution in [1.82, 2.24) is 9.80 Å². The van der Waals surface area contributed by atoms with E-state index in [-0.39, 0.29) is 5.91 Å². The van der Waals surface area contributed by atoms with Crippen LogP contribution in [0.25, 0.3) is 10.8 Å². The zero-order valence-electron chi connectivity index (χ0n) is 17.9. The van der Waals surface area contributed by atoms with Gasteiger partial charge in [0.2, 0.25) is 5.91 Å². The number of piperazine rings is 1. The number of hydrogen-bond donors (Lipinski definition) is 0. The van der Waals surface area contributed by atoms with Crippen molar-refractivity contribution in [2.75, 3.05) is 33.3 Å². The van der Waals surface area contributed by atoms with Crippen LogP contribution in [0.1, 0.15) is 30.5 Å². The summed E-state index contributed by atoms with van der Waals surface area (Å²) in [6.45, 7) is 5.72. The number of carbonyl (C=O) groups excluding carboxylic acids is 1. The first-order chi connectivity index (χ1) is 14.6. The lowest BCUT2D eigenvalue weighted by Gasteiger charge is -2.38. The lowest BCUT2D eigenvalue weighted by atomic mass is 10.0. The monoisotopic (exact) mass is 402 g/mol. The van der Waals surface area contributed by atoms with Gasteiger partial charge in [-0.05, 0) is 53.4 Å². The molecule has 0 bridgehead atoms. The highest BCUT2D eigenvalue weighted by Gasteiger charge is 2.24. The van der Waals surface area contributed by atoms with Gasteiger partial charge in [0.25, 0.3) is 0 Å². The molecule has 1 unspecified atom stereocenters. The summed E-state index contributed by atoms with van der Waals surface area (Å²) in [6.07, 6.45) is 1.34. The molecule has 1 fully saturated rings. The van der Waals surface area contributed by atoms with Crippen molar-refractivity contribution in [3.05, 3.63) is 77.9 Å². The van der Waals surface area contributed by atoms with Crippen molar-refractivity contribution < 1.29 is 9.53 Å². The number of nitrogens with zero attached hydrogens (tertiary/aromatic N) is 2. The summed E-state index contributed by atoms with van der Waals surface area (Å²) < 4.78 is 5.19. The maximum atomic E-state index is 12.7. The minimum atomic E-state index is 0.254. The third-order valence-electron chi connectivity index (χ3n) is 6.26. The highest BCUT2D eigenvalue weighted by atomic mass is 16.5. The first kappa shape index (κ1) is 20.4. The largest absolute Gasteiger partial charge is 0.497 e. The van der Waals surface area contributed by atoms with Gasteiger partial charge < -0.3 is 9.64 Å². The number of hydrogen-bond acceptors (Lipinski definition) is 3. The van der Waals surface area contributed by atoms with Gasteiger partial charge in [-0.3, -0.25) is 9.69 Å². The van der Waals surface area contributed by atoms with Gasteiger partial charge in [0, 0.05) is 38.6 Å². The van der Waals surface area contributed by atoms with Gasteiger partial charge in [-0.25, -0.2) is 0 Å². The van der Waals surface area contributed by atoms with E-state index in [1.807, 2.05) is 29.2 Å². The van der Waals surface area contributed by atoms with Crippen LogP contribution in [0.3, 0.4) is 0 Å². The van der Waals surface area contributed by atoms with Crippen LogP contribution in [-0.4, -0.2) is 49.0 Å². The second-order valence-corrected chi connectivity index (χ2v) is 8.05. The molecule has 4 nitrogen and oxygen atoms in total. The summed E-state index contributed by atoms with van der Waals surface area (Å²) in [6, 6.07) is 23.6. The molecule has 4 rings (SSSR count). The SMILES string of the molecule is COc1ccc(CCC(=O)N2CCN(C(C)c3ccc4ccccc4c3)CC2)cc1. The zero-order valence-corrected chi connectivity index (χ0v) is 17.9. The summed E-state index contributed by atoms with van der Waals surface area (Å²) in [5.74, 6) is 1.10. The van der Waals surface area contributed by atoms with Gasteiger partial charge in [-0.15, -0.1) is 0 Å². The fraction of sp³-hybridized carbons (Fsp3) is 0.346. The fourth-order valence-corrected chi connectivity index (χ4v) is 4.24. The van der Waals surface area contributed by atoms with E-state index in [2.05, 4.69) is 54.3 Å². The molecule has 0 radical (unpaired) electrons. The Morgan fingerprint density at radius 3 is 2.33 bits per heavy atom. The molecule has 3 aromatic rings. The Balaban J connectivity index is 1.29. The molecule has 1 aliphatic heterocycles. The molecule has 1 heterocycles. The van der Waals surface area contributed by atoms with Crippen LogP contribution in [0.4, 0.5) is 0 Å². The van der Waals surface area contributed by atoms with Crippen LogP contribution >= 0.6 is 0 Å². The molecule has 1 atom stereocenters. The molecular weight excluding hydrogens is 372 g/mol. The van der Waals surface area contributed by atoms with Gasteiger partial charge in [0.15, 0.2) is 0 Å². The Labute approximate surface area is 179 Å². The molecule has 0 N–H and O–H groups in total. The van der Waals surface area contributed by atoms with E-state index in [1.165, 1.54) is 21.9 Å². The quantitative estimate of drug-likeness (QED) is 0.600. The highest BCUT2D eigenvalue weighted by molar-refractivity contribution is 5.83. The molecule has 0 spiro atoms. The van der Waals surface area contributed by atoms with E-state index in [0.29, 0.717) is 12.5 Å². The Kier molecular flexibility index (Phi) is 6.34. The van der Waals surface area contributed by atoms with Gasteiger partial charge >= 0.3 is 0 Å². The van der Waals surface area contributed by atoms with Crippen molar-refractivity contribution in [3.8, 4) is 5.75 Å². The first-order valence-electron chi connectivity index (χ1n) is 10.8. The molecule has 1 amide bonds. The van der Waals surface area contributed by atoms with Crippen LogP contribution < -0.4 is 4.74 Å². The lowest BCUT2D eigenvalue weighted by molar-refractivity contribution is -0.133. The van der Waals surface area contributed by atoms with Crippen LogP contribution in [0.5, 0.6) is 5.75 Å². The van der Waals surface area contributed by atoms with Crippen LogP contribution in [-0.2, 0) is 11.2 Å². The molecule has 156 valence electrons. The Hall–Kier alpha value is -2.85. The highest BCUT2D eigenvalue weighted by Crippen LogP contribution is 2.25. The number of fused-ring (bicyclic) bond motifs is 1. The standard InChI is InChI=1S/C26H30N2O2/c1-20(23-11-10-22-5-3-4-6-24(22)19-23)27-15-17-28(18-16-27)26(29)14-9-21-7-12-25(30-2)13-8-21/h3-8,10-13,19-20H,9,14-18H2,1-2H3. The van der Waals surface area contributed by atoms with Crippen LogP contribution in [0.2, 0.25) is 0 Å². The van der Waals surface area contributed by atoms with Crippen molar-refractivity contribution in [3.63, 3.8) is 0 Å². The molecule has 3 aromatic carbocycles. The third kappa shape index (κ3) is 4.65. The molecule has 30 heavy (non-hydrogen) atoms. The van der Waals surface area contributed by atoms with Gasteiger partial charge in [0.05, 0.1) is 7.11 Å². The fourth-order valence-electron chi connectivity index (χ4n) is 4.24. The number of benzene rings is 3. The summed E-state index contributed by atoms with van der Waals surface area (Å²) in [5.41, 5.74) is 2.51. The van der Waals surface area contributed by atoms with Gasteiger partial charge in [-0.2, -0.15) is 0 Å². The van der Waals surface area contributed by atoms with Crippen molar-refractivity contribution in [1.29, 1.82) is 0 Å². The molecule has 1 aliphatic rings. The Morgan fingerprint density at radius 1 is 0.933 bits per heavy atom. The van der Waals surface area contributed by atoms with E-state index >= 15 is 0 Å². The van der Waals surface area contributed by atoms with E-state index < -0.39 is 0 Å². The number of ether oxygens (including phenoxy) is 1. The second-order valence-electron chi connectivity index (χ2n) is 8.05. The van der Waals surface area contributed by atoms with Crippen LogP contribution in [0.15, 0.2) is 66.7 Å². The summed E-state index contributed by atoms with van der Waals surface area (Å²) in [7, 11) is 1.67. The van der Waals surface area contributed by atoms with E-state index in [1.54, 1.807) is 7.11 Å². The topological polar surface area (TPSA) is 32.8 Å². The average molecular weight is 403 g/mol. The van der Waals surface area contributed by atoms with E-state index in [9.17, 15) is 4.79 Å². The number of amides is 1. The van der Waals surface area contributed by atoms with Crippen molar-refractivity contribution in [2.24, 2.45) is 0 Å². The van der Waals surface area contributed by atoms with Crippen LogP contribution in [0, 0.1) is 0 Å². The molecule has 4 heteroatoms. The number of methoxy groups -OCH3 is 1. The Bertz CT molecular complexity index is 991. The van der Waals surface area contributed by atoms with Gasteiger partial charge in [0.1, 0.15) is 5.75 Å². The minimum Gasteiger partial charge on any atom is -0.497 e. The van der Waals surface area contributed by atoms with E-state index in [0.717, 1.165) is 38.3 Å². The molecule has 1 saturated heterocycles. The van der Waals surface area contributed by atoms with Gasteiger partial charge in [-0.1, -0.05) is 48.5 Å². The van der Waals surface area contributed by atoms with E-state index in [4.69, 9.17) is 4.74 Å². The Morgan fingerprint density at radius 2 is 1.63 bits per heavy atom. The van der Waals surface area contributed by atoms with Crippen molar-refractivity contribution >= 4 is 16.7 Å². The number of aryl methyl sites for hydroxylation is 1. The average Bonchev–Trinajstić information content (AvgIpc) is 2.82. The maximum Gasteiger partial charge on any atom is 0.222 e. The maximum absolute atomic E-state index is 12.7. The summed E-state index contributed by atoms with van der Waals surface area (Å²) >= 11 is 0. The molecule has 0 aliphatic carbocycles. The second kappa shape index (κ2) is 9.31. The lowest BCUT2D eigenvalue weighted by Crippen LogP contribution is -2.49. The third-order valence-corrected chi connectivity index (χ3v) is 6.26.